The fraction of sp³-hybridized carbons (Fsp3) is 0.889. The molecule has 0 aliphatic heterocycles. The van der Waals surface area contributed by atoms with Crippen molar-refractivity contribution < 1.29 is 0 Å². The van der Waals surface area contributed by atoms with Crippen LogP contribution in [0.1, 0.15) is 39.0 Å². The van der Waals surface area contributed by atoms with Crippen molar-refractivity contribution in [2.45, 2.75) is 45.1 Å². The Balaban J connectivity index is 3.16. The van der Waals surface area contributed by atoms with E-state index < -0.39 is 0 Å². The van der Waals surface area contributed by atoms with Gasteiger partial charge in [0, 0.05) is 0 Å². The van der Waals surface area contributed by atoms with Crippen molar-refractivity contribution in [1.29, 1.82) is 5.26 Å². The van der Waals surface area contributed by atoms with Gasteiger partial charge in [0.1, 0.15) is 0 Å². The van der Waals surface area contributed by atoms with E-state index in [-0.39, 0.29) is 6.04 Å². The van der Waals surface area contributed by atoms with E-state index in [2.05, 4.69) is 18.3 Å². The molecule has 0 aliphatic rings. The summed E-state index contributed by atoms with van der Waals surface area (Å²) >= 11 is 0. The van der Waals surface area contributed by atoms with E-state index in [1.165, 1.54) is 25.7 Å². The molecule has 0 amide bonds. The normalized spacial score (nSPS) is 12.5. The maximum Gasteiger partial charge on any atom is 0.0950 e. The van der Waals surface area contributed by atoms with Gasteiger partial charge in [-0.1, -0.05) is 32.6 Å². The van der Waals surface area contributed by atoms with Crippen molar-refractivity contribution in [3.63, 3.8) is 0 Å². The molecule has 1 N–H and O–H groups in total. The number of unbranched alkanes of at least 4 members (excludes halogenated alkanes) is 3. The van der Waals surface area contributed by atoms with Crippen LogP contribution >= 0.6 is 0 Å². The second-order valence-electron chi connectivity index (χ2n) is 2.82. The number of hydrogen-bond donors (Lipinski definition) is 1. The van der Waals surface area contributed by atoms with Crippen LogP contribution < -0.4 is 5.32 Å². The number of nitriles is 1. The van der Waals surface area contributed by atoms with Crippen LogP contribution in [-0.4, -0.2) is 13.1 Å². The van der Waals surface area contributed by atoms with Crippen molar-refractivity contribution in [1.82, 2.24) is 5.32 Å². The summed E-state index contributed by atoms with van der Waals surface area (Å²) in [4.78, 5) is 0. The number of nitrogens with zero attached hydrogens (tertiary/aromatic N) is 1. The predicted molar refractivity (Wildman–Crippen MR) is 47.2 cm³/mol. The van der Waals surface area contributed by atoms with Crippen molar-refractivity contribution in [2.24, 2.45) is 0 Å². The molecule has 0 heterocycles. The van der Waals surface area contributed by atoms with E-state index in [9.17, 15) is 0 Å². The molecule has 0 aromatic rings. The lowest BCUT2D eigenvalue weighted by Gasteiger charge is -2.05. The van der Waals surface area contributed by atoms with E-state index in [0.29, 0.717) is 0 Å². The van der Waals surface area contributed by atoms with Gasteiger partial charge < -0.3 is 5.32 Å². The SMILES string of the molecule is CCCCCCC(C#N)NC. The highest BCUT2D eigenvalue weighted by Crippen LogP contribution is 2.04. The van der Waals surface area contributed by atoms with E-state index in [1.54, 1.807) is 0 Å². The first-order valence-corrected chi connectivity index (χ1v) is 4.42. The molecule has 11 heavy (non-hydrogen) atoms. The molecule has 0 rings (SSSR count). The molecule has 1 atom stereocenters. The number of rotatable bonds is 6. The third-order valence-electron chi connectivity index (χ3n) is 1.85. The average molecular weight is 154 g/mol. The van der Waals surface area contributed by atoms with Crippen LogP contribution in [0.4, 0.5) is 0 Å². The third kappa shape index (κ3) is 5.87. The molecule has 0 radical (unpaired) electrons. The van der Waals surface area contributed by atoms with Gasteiger partial charge in [0.05, 0.1) is 12.1 Å². The van der Waals surface area contributed by atoms with E-state index >= 15 is 0 Å². The van der Waals surface area contributed by atoms with Crippen LogP contribution in [-0.2, 0) is 0 Å². The summed E-state index contributed by atoms with van der Waals surface area (Å²) in [5.74, 6) is 0. The monoisotopic (exact) mass is 154 g/mol. The fourth-order valence-corrected chi connectivity index (χ4v) is 1.05. The van der Waals surface area contributed by atoms with Gasteiger partial charge in [0.2, 0.25) is 0 Å². The number of nitrogens with one attached hydrogen (secondary N) is 1. The van der Waals surface area contributed by atoms with Gasteiger partial charge in [0.15, 0.2) is 0 Å². The Morgan fingerprint density at radius 1 is 1.36 bits per heavy atom. The van der Waals surface area contributed by atoms with Crippen LogP contribution in [0.3, 0.4) is 0 Å². The highest BCUT2D eigenvalue weighted by molar-refractivity contribution is 4.87. The first-order valence-electron chi connectivity index (χ1n) is 4.42. The Morgan fingerprint density at radius 3 is 2.55 bits per heavy atom. The fourth-order valence-electron chi connectivity index (χ4n) is 1.05. The first-order chi connectivity index (χ1) is 5.35. The summed E-state index contributed by atoms with van der Waals surface area (Å²) in [6.45, 7) is 2.19. The van der Waals surface area contributed by atoms with Crippen LogP contribution in [0.5, 0.6) is 0 Å². The van der Waals surface area contributed by atoms with Crippen molar-refractivity contribution in [3.8, 4) is 6.07 Å². The summed E-state index contributed by atoms with van der Waals surface area (Å²) in [6.07, 6.45) is 5.98. The molecule has 64 valence electrons. The van der Waals surface area contributed by atoms with Gasteiger partial charge in [0.25, 0.3) is 0 Å². The van der Waals surface area contributed by atoms with Crippen molar-refractivity contribution >= 4 is 0 Å². The zero-order valence-electron chi connectivity index (χ0n) is 7.56. The van der Waals surface area contributed by atoms with Crippen LogP contribution in [0, 0.1) is 11.3 Å². The zero-order chi connectivity index (χ0) is 8.53. The lowest BCUT2D eigenvalue weighted by atomic mass is 10.1. The molecule has 0 saturated carbocycles. The Bertz CT molecular complexity index is 115. The molecule has 2 heteroatoms. The largest absolute Gasteiger partial charge is 0.305 e. The van der Waals surface area contributed by atoms with Gasteiger partial charge in [-0.3, -0.25) is 0 Å². The quantitative estimate of drug-likeness (QED) is 0.594. The molecule has 1 unspecified atom stereocenters. The number of hydrogen-bond acceptors (Lipinski definition) is 2. The minimum atomic E-state index is 0.0619. The molecule has 0 aromatic heterocycles. The topological polar surface area (TPSA) is 35.8 Å². The first kappa shape index (κ1) is 10.4. The lowest BCUT2D eigenvalue weighted by Crippen LogP contribution is -2.22. The highest BCUT2D eigenvalue weighted by Gasteiger charge is 2.01. The molecular weight excluding hydrogens is 136 g/mol. The minimum absolute atomic E-state index is 0.0619. The molecule has 0 spiro atoms. The second kappa shape index (κ2) is 7.56. The van der Waals surface area contributed by atoms with Crippen molar-refractivity contribution in [3.05, 3.63) is 0 Å². The van der Waals surface area contributed by atoms with Gasteiger partial charge in [-0.2, -0.15) is 5.26 Å². The highest BCUT2D eigenvalue weighted by atomic mass is 14.9. The molecule has 2 nitrogen and oxygen atoms in total. The molecule has 0 aliphatic carbocycles. The summed E-state index contributed by atoms with van der Waals surface area (Å²) in [5, 5.41) is 11.5. The standard InChI is InChI=1S/C9H18N2/c1-3-4-5-6-7-9(8-10)11-2/h9,11H,3-7H2,1-2H3. The smallest absolute Gasteiger partial charge is 0.0950 e. The van der Waals surface area contributed by atoms with Gasteiger partial charge in [-0.15, -0.1) is 0 Å². The Hall–Kier alpha value is -0.550. The summed E-state index contributed by atoms with van der Waals surface area (Å²) in [6, 6.07) is 2.28. The lowest BCUT2D eigenvalue weighted by molar-refractivity contribution is 0.557. The van der Waals surface area contributed by atoms with Crippen molar-refractivity contribution in [2.75, 3.05) is 7.05 Å². The Morgan fingerprint density at radius 2 is 2.09 bits per heavy atom. The average Bonchev–Trinajstić information content (AvgIpc) is 2.05. The van der Waals surface area contributed by atoms with Gasteiger partial charge >= 0.3 is 0 Å². The van der Waals surface area contributed by atoms with E-state index in [4.69, 9.17) is 5.26 Å². The van der Waals surface area contributed by atoms with Crippen LogP contribution in [0.2, 0.25) is 0 Å². The van der Waals surface area contributed by atoms with Gasteiger partial charge in [-0.25, -0.2) is 0 Å². The Kier molecular flexibility index (Phi) is 7.18. The maximum atomic E-state index is 8.57. The second-order valence-corrected chi connectivity index (χ2v) is 2.82. The molecule has 0 bridgehead atoms. The summed E-state index contributed by atoms with van der Waals surface area (Å²) in [7, 11) is 1.84. The maximum absolute atomic E-state index is 8.57. The Labute approximate surface area is 69.6 Å². The third-order valence-corrected chi connectivity index (χ3v) is 1.85. The molecule has 0 fully saturated rings. The van der Waals surface area contributed by atoms with E-state index in [0.717, 1.165) is 6.42 Å². The molecular formula is C9H18N2. The summed E-state index contributed by atoms with van der Waals surface area (Å²) in [5.41, 5.74) is 0. The zero-order valence-corrected chi connectivity index (χ0v) is 7.56. The molecule has 0 aromatic carbocycles. The van der Waals surface area contributed by atoms with Crippen LogP contribution in [0.25, 0.3) is 0 Å². The van der Waals surface area contributed by atoms with E-state index in [1.807, 2.05) is 7.05 Å². The van der Waals surface area contributed by atoms with Crippen LogP contribution in [0.15, 0.2) is 0 Å². The molecule has 0 saturated heterocycles. The minimum Gasteiger partial charge on any atom is -0.305 e. The summed E-state index contributed by atoms with van der Waals surface area (Å²) < 4.78 is 0. The predicted octanol–water partition coefficient (Wildman–Crippen LogP) is 2.07. The van der Waals surface area contributed by atoms with Gasteiger partial charge in [-0.05, 0) is 13.5 Å².